The van der Waals surface area contributed by atoms with Gasteiger partial charge in [0.15, 0.2) is 6.04 Å². The van der Waals surface area contributed by atoms with Crippen LogP contribution in [0.15, 0.2) is 52.4 Å². The molecule has 7 rings (SSSR count). The fourth-order valence-electron chi connectivity index (χ4n) is 8.65. The summed E-state index contributed by atoms with van der Waals surface area (Å²) in [6, 6.07) is 11.1. The lowest BCUT2D eigenvalue weighted by atomic mass is 9.83. The number of H-pyrrole nitrogens is 1. The van der Waals surface area contributed by atoms with E-state index >= 15 is 0 Å². The number of piperidine rings is 2. The summed E-state index contributed by atoms with van der Waals surface area (Å²) >= 11 is 0. The van der Waals surface area contributed by atoms with Gasteiger partial charge in [0.25, 0.3) is 11.5 Å². The second kappa shape index (κ2) is 17.3. The third-order valence-electron chi connectivity index (χ3n) is 11.8. The molecule has 0 spiro atoms. The van der Waals surface area contributed by atoms with Crippen LogP contribution >= 0.6 is 0 Å². The van der Waals surface area contributed by atoms with Crippen molar-refractivity contribution in [3.8, 4) is 0 Å². The monoisotopic (exact) mass is 742 g/mol. The molecule has 1 atom stereocenters. The van der Waals surface area contributed by atoms with Gasteiger partial charge in [0.05, 0.1) is 35.4 Å². The van der Waals surface area contributed by atoms with E-state index in [0.29, 0.717) is 74.3 Å². The van der Waals surface area contributed by atoms with Crippen LogP contribution in [-0.2, 0) is 20.7 Å². The van der Waals surface area contributed by atoms with Crippen molar-refractivity contribution in [3.63, 3.8) is 0 Å². The maximum atomic E-state index is 15.0. The number of halogens is 1. The van der Waals surface area contributed by atoms with Gasteiger partial charge in [-0.25, -0.2) is 15.0 Å². The van der Waals surface area contributed by atoms with E-state index in [0.717, 1.165) is 64.5 Å². The fourth-order valence-corrected chi connectivity index (χ4v) is 8.65. The van der Waals surface area contributed by atoms with Gasteiger partial charge in [0.1, 0.15) is 5.82 Å². The molecule has 3 aliphatic heterocycles. The molecule has 14 heteroatoms. The number of fused-ring (bicyclic) bond motifs is 1. The summed E-state index contributed by atoms with van der Waals surface area (Å²) in [7, 11) is 0. The molecule has 13 nitrogen and oxygen atoms in total. The second-order valence-corrected chi connectivity index (χ2v) is 15.3. The smallest absolute Gasteiger partial charge is 0.272 e. The first-order valence-corrected chi connectivity index (χ1v) is 19.6. The van der Waals surface area contributed by atoms with Gasteiger partial charge in [-0.05, 0) is 68.2 Å². The minimum absolute atomic E-state index is 0.00706. The average molecular weight is 743 g/mol. The van der Waals surface area contributed by atoms with Gasteiger partial charge >= 0.3 is 0 Å². The summed E-state index contributed by atoms with van der Waals surface area (Å²) in [5, 5.41) is 11.7. The van der Waals surface area contributed by atoms with Crippen molar-refractivity contribution in [1.82, 2.24) is 29.8 Å². The van der Waals surface area contributed by atoms with Crippen LogP contribution in [0.25, 0.3) is 10.8 Å². The van der Waals surface area contributed by atoms with Crippen LogP contribution in [0.1, 0.15) is 79.4 Å². The molecule has 54 heavy (non-hydrogen) atoms. The van der Waals surface area contributed by atoms with E-state index in [1.807, 2.05) is 17.0 Å². The lowest BCUT2D eigenvalue weighted by molar-refractivity contribution is -0.139. The standard InChI is InChI=1S/C40H51FN8O5/c41-34-11-10-27(25-35-31-8-4-5-9-32(31)38(51)45-44-35)24-33(34)39(52)49-22-20-47(21-23-49)36(50)26-46-16-12-29(13-17-46)54-30-14-18-48(19-15-30)40(53)37(43-42)28-6-2-1-3-7-28/h4-5,8-11,24,28-30,37,42H,1-3,6-7,12-23,25-26H2,(H,45,51)/t37-/m1/s1. The number of benzene rings is 2. The summed E-state index contributed by atoms with van der Waals surface area (Å²) in [6.45, 7) is 4.54. The number of carbonyl (C=O) groups excluding carboxylic acids is 3. The highest BCUT2D eigenvalue weighted by atomic mass is 19.1. The molecule has 0 unspecified atom stereocenters. The number of aromatic nitrogens is 2. The van der Waals surface area contributed by atoms with Gasteiger partial charge in [-0.2, -0.15) is 10.2 Å². The van der Waals surface area contributed by atoms with Gasteiger partial charge in [-0.1, -0.05) is 43.5 Å². The molecule has 1 aliphatic carbocycles. The Morgan fingerprint density at radius 3 is 2.17 bits per heavy atom. The number of ether oxygens (including phenoxy) is 1. The van der Waals surface area contributed by atoms with Crippen LogP contribution in [0, 0.1) is 17.3 Å². The number of nitrogens with one attached hydrogen (secondary N) is 2. The minimum atomic E-state index is -0.603. The molecule has 2 aromatic carbocycles. The van der Waals surface area contributed by atoms with Crippen molar-refractivity contribution in [2.75, 3.05) is 58.9 Å². The Morgan fingerprint density at radius 2 is 1.48 bits per heavy atom. The molecule has 4 fully saturated rings. The molecule has 3 amide bonds. The number of likely N-dealkylation sites (tertiary alicyclic amines) is 2. The second-order valence-electron chi connectivity index (χ2n) is 15.3. The molecular weight excluding hydrogens is 691 g/mol. The summed E-state index contributed by atoms with van der Waals surface area (Å²) in [5.41, 5.74) is 8.70. The van der Waals surface area contributed by atoms with Crippen molar-refractivity contribution in [3.05, 3.63) is 75.5 Å². The van der Waals surface area contributed by atoms with E-state index in [2.05, 4.69) is 20.2 Å². The number of hydrogen-bond acceptors (Lipinski definition) is 9. The number of rotatable bonds is 10. The van der Waals surface area contributed by atoms with E-state index in [1.54, 1.807) is 34.1 Å². The van der Waals surface area contributed by atoms with Crippen LogP contribution in [0.2, 0.25) is 0 Å². The zero-order valence-electron chi connectivity index (χ0n) is 30.9. The predicted molar refractivity (Wildman–Crippen MR) is 200 cm³/mol. The predicted octanol–water partition coefficient (Wildman–Crippen LogP) is 4.39. The molecule has 288 valence electrons. The molecule has 4 aliphatic rings. The van der Waals surface area contributed by atoms with E-state index in [9.17, 15) is 23.6 Å². The van der Waals surface area contributed by atoms with Crippen molar-refractivity contribution >= 4 is 28.5 Å². The molecule has 3 aromatic rings. The number of nitrogens with zero attached hydrogens (tertiary/aromatic N) is 6. The lowest BCUT2D eigenvalue weighted by Gasteiger charge is -2.39. The van der Waals surface area contributed by atoms with Crippen LogP contribution in [0.3, 0.4) is 0 Å². The van der Waals surface area contributed by atoms with Crippen LogP contribution in [0.5, 0.6) is 0 Å². The first-order chi connectivity index (χ1) is 26.3. The Kier molecular flexibility index (Phi) is 12.1. The molecule has 0 radical (unpaired) electrons. The number of aromatic amines is 1. The third-order valence-corrected chi connectivity index (χ3v) is 11.8. The molecule has 1 saturated carbocycles. The largest absolute Gasteiger partial charge is 0.375 e. The van der Waals surface area contributed by atoms with E-state index in [4.69, 9.17) is 10.3 Å². The van der Waals surface area contributed by atoms with Gasteiger partial charge in [-0.15, -0.1) is 0 Å². The number of hydrogen-bond donors (Lipinski definition) is 2. The van der Waals surface area contributed by atoms with Gasteiger partial charge in [0.2, 0.25) is 11.8 Å². The Bertz CT molecular complexity index is 1880. The highest BCUT2D eigenvalue weighted by Gasteiger charge is 2.35. The van der Waals surface area contributed by atoms with E-state index < -0.39 is 17.8 Å². The van der Waals surface area contributed by atoms with Crippen LogP contribution < -0.4 is 5.56 Å². The number of piperazine rings is 1. The Balaban J connectivity index is 0.830. The summed E-state index contributed by atoms with van der Waals surface area (Å²) in [5.74, 6) is -0.780. The van der Waals surface area contributed by atoms with Crippen LogP contribution in [-0.4, -0.2) is 125 Å². The minimum Gasteiger partial charge on any atom is -0.375 e. The first kappa shape index (κ1) is 37.7. The highest BCUT2D eigenvalue weighted by Crippen LogP contribution is 2.30. The number of carbonyl (C=O) groups is 3. The van der Waals surface area contributed by atoms with E-state index in [1.165, 1.54) is 12.5 Å². The normalized spacial score (nSPS) is 20.3. The van der Waals surface area contributed by atoms with Gasteiger partial charge < -0.3 is 19.4 Å². The molecule has 1 aromatic heterocycles. The van der Waals surface area contributed by atoms with E-state index in [-0.39, 0.29) is 41.1 Å². The van der Waals surface area contributed by atoms with Crippen LogP contribution in [0.4, 0.5) is 4.39 Å². The van der Waals surface area contributed by atoms with Crippen molar-refractivity contribution in [2.24, 2.45) is 11.0 Å². The molecule has 0 bridgehead atoms. The molecule has 3 saturated heterocycles. The summed E-state index contributed by atoms with van der Waals surface area (Å²) in [6.07, 6.45) is 9.22. The quantitative estimate of drug-likeness (QED) is 0.292. The van der Waals surface area contributed by atoms with Crippen molar-refractivity contribution in [1.29, 1.82) is 5.53 Å². The zero-order chi connectivity index (χ0) is 37.6. The SMILES string of the molecule is N=N[C@@H](C(=O)N1CCC(OC2CCN(CC(=O)N3CCN(C(=O)c4cc(Cc5n[nH]c(=O)c6ccccc56)ccc4F)CC3)CC2)CC1)C1CCCCC1. The van der Waals surface area contributed by atoms with Crippen molar-refractivity contribution in [2.45, 2.75) is 82.5 Å². The van der Waals surface area contributed by atoms with Crippen molar-refractivity contribution < 1.29 is 23.5 Å². The first-order valence-electron chi connectivity index (χ1n) is 19.6. The topological polar surface area (TPSA) is 155 Å². The average Bonchev–Trinajstić information content (AvgIpc) is 3.21. The maximum absolute atomic E-state index is 15.0. The Hall–Kier alpha value is -4.56. The van der Waals surface area contributed by atoms with Gasteiger partial charge in [-0.3, -0.25) is 24.1 Å². The lowest BCUT2D eigenvalue weighted by Crippen LogP contribution is -2.53. The molecule has 4 heterocycles. The molecule has 2 N–H and O–H groups in total. The zero-order valence-corrected chi connectivity index (χ0v) is 30.9. The Morgan fingerprint density at radius 1 is 0.833 bits per heavy atom. The van der Waals surface area contributed by atoms with Gasteiger partial charge in [0, 0.05) is 64.2 Å². The summed E-state index contributed by atoms with van der Waals surface area (Å²) < 4.78 is 21.4. The number of amides is 3. The highest BCUT2D eigenvalue weighted by molar-refractivity contribution is 5.95. The maximum Gasteiger partial charge on any atom is 0.272 e. The Labute approximate surface area is 314 Å². The third kappa shape index (κ3) is 8.70. The fraction of sp³-hybridized carbons (Fsp3) is 0.575. The summed E-state index contributed by atoms with van der Waals surface area (Å²) in [4.78, 5) is 59.5. The molecular formula is C40H51FN8O5.